The van der Waals surface area contributed by atoms with E-state index in [0.29, 0.717) is 10.6 Å². The van der Waals surface area contributed by atoms with E-state index < -0.39 is 18.0 Å². The molecule has 0 bridgehead atoms. The second kappa shape index (κ2) is 9.51. The molecule has 0 fully saturated rings. The third-order valence-electron chi connectivity index (χ3n) is 4.33. The van der Waals surface area contributed by atoms with Crippen LogP contribution < -0.4 is 5.32 Å². The van der Waals surface area contributed by atoms with Crippen LogP contribution in [-0.4, -0.2) is 23.8 Å². The van der Waals surface area contributed by atoms with Crippen LogP contribution in [0, 0.1) is 20.8 Å². The van der Waals surface area contributed by atoms with E-state index in [1.54, 1.807) is 24.3 Å². The average Bonchev–Trinajstić information content (AvgIpc) is 2.63. The molecule has 2 rings (SSSR count). The molecule has 28 heavy (non-hydrogen) atoms. The molecule has 1 amide bonds. The second-order valence-electron chi connectivity index (χ2n) is 6.83. The molecule has 1 unspecified atom stereocenters. The summed E-state index contributed by atoms with van der Waals surface area (Å²) in [5, 5.41) is 3.35. The third kappa shape index (κ3) is 5.92. The number of carbonyl (C=O) groups excluding carboxylic acids is 3. The van der Waals surface area contributed by atoms with Crippen molar-refractivity contribution in [2.45, 2.75) is 46.6 Å². The highest BCUT2D eigenvalue weighted by atomic mass is 35.5. The molecule has 5 nitrogen and oxygen atoms in total. The van der Waals surface area contributed by atoms with Gasteiger partial charge < -0.3 is 10.1 Å². The summed E-state index contributed by atoms with van der Waals surface area (Å²) >= 11 is 5.79. The van der Waals surface area contributed by atoms with Crippen molar-refractivity contribution in [1.29, 1.82) is 0 Å². The Hall–Kier alpha value is -2.66. The van der Waals surface area contributed by atoms with Gasteiger partial charge in [-0.15, -0.1) is 0 Å². The summed E-state index contributed by atoms with van der Waals surface area (Å²) in [6.07, 6.45) is -1.05. The first-order valence-electron chi connectivity index (χ1n) is 9.04. The maximum atomic E-state index is 12.4. The van der Waals surface area contributed by atoms with Gasteiger partial charge in [0.1, 0.15) is 0 Å². The van der Waals surface area contributed by atoms with Gasteiger partial charge >= 0.3 is 5.97 Å². The van der Waals surface area contributed by atoms with Crippen molar-refractivity contribution < 1.29 is 19.1 Å². The molecule has 6 heteroatoms. The zero-order chi connectivity index (χ0) is 20.8. The molecule has 0 saturated heterocycles. The molecule has 0 aliphatic heterocycles. The maximum Gasteiger partial charge on any atom is 0.307 e. The van der Waals surface area contributed by atoms with Crippen molar-refractivity contribution in [3.8, 4) is 0 Å². The number of carbonyl (C=O) groups is 3. The first kappa shape index (κ1) is 21.6. The number of anilines is 1. The molecule has 2 aromatic carbocycles. The van der Waals surface area contributed by atoms with Gasteiger partial charge in [0.25, 0.3) is 5.91 Å². The van der Waals surface area contributed by atoms with Gasteiger partial charge in [0.05, 0.1) is 6.42 Å². The van der Waals surface area contributed by atoms with Crippen LogP contribution in [0.2, 0.25) is 5.02 Å². The van der Waals surface area contributed by atoms with Crippen LogP contribution in [0.25, 0.3) is 0 Å². The molecule has 1 atom stereocenters. The predicted molar refractivity (Wildman–Crippen MR) is 110 cm³/mol. The van der Waals surface area contributed by atoms with E-state index in [2.05, 4.69) is 5.32 Å². The maximum absolute atomic E-state index is 12.4. The molecule has 148 valence electrons. The number of benzene rings is 2. The minimum absolute atomic E-state index is 0.00494. The van der Waals surface area contributed by atoms with E-state index in [9.17, 15) is 14.4 Å². The summed E-state index contributed by atoms with van der Waals surface area (Å²) in [4.78, 5) is 36.5. The molecule has 2 aromatic rings. The monoisotopic (exact) mass is 401 g/mol. The van der Waals surface area contributed by atoms with Crippen LogP contribution in [0.15, 0.2) is 36.4 Å². The standard InChI is InChI=1S/C22H24ClNO4/c1-13-11-14(2)21(15(3)12-13)24-22(27)16(4)28-20(26)10-9-19(25)17-5-7-18(23)8-6-17/h5-8,11-12,16H,9-10H2,1-4H3,(H,24,27). The Morgan fingerprint density at radius 3 is 2.14 bits per heavy atom. The van der Waals surface area contributed by atoms with E-state index in [1.807, 2.05) is 32.9 Å². The summed E-state index contributed by atoms with van der Waals surface area (Å²) < 4.78 is 5.17. The van der Waals surface area contributed by atoms with Crippen molar-refractivity contribution in [2.75, 3.05) is 5.32 Å². The lowest BCUT2D eigenvalue weighted by Gasteiger charge is -2.17. The second-order valence-corrected chi connectivity index (χ2v) is 7.26. The molecule has 0 radical (unpaired) electrons. The summed E-state index contributed by atoms with van der Waals surface area (Å²) in [7, 11) is 0. The number of hydrogen-bond acceptors (Lipinski definition) is 4. The lowest BCUT2D eigenvalue weighted by molar-refractivity contribution is -0.153. The van der Waals surface area contributed by atoms with Gasteiger partial charge in [-0.05, 0) is 63.1 Å². The Bertz CT molecular complexity index is 867. The summed E-state index contributed by atoms with van der Waals surface area (Å²) in [6, 6.07) is 10.4. The fourth-order valence-corrected chi connectivity index (χ4v) is 3.03. The normalized spacial score (nSPS) is 11.6. The molecule has 0 heterocycles. The zero-order valence-corrected chi connectivity index (χ0v) is 17.2. The molecule has 0 saturated carbocycles. The van der Waals surface area contributed by atoms with E-state index >= 15 is 0 Å². The number of halogens is 1. The van der Waals surface area contributed by atoms with Crippen molar-refractivity contribution in [3.63, 3.8) is 0 Å². The molecule has 0 spiro atoms. The molecule has 1 N–H and O–H groups in total. The fourth-order valence-electron chi connectivity index (χ4n) is 2.91. The molecule has 0 aromatic heterocycles. The summed E-state index contributed by atoms with van der Waals surface area (Å²) in [5.74, 6) is -1.19. The molecular weight excluding hydrogens is 378 g/mol. The van der Waals surface area contributed by atoms with E-state index in [1.165, 1.54) is 6.92 Å². The van der Waals surface area contributed by atoms with Crippen molar-refractivity contribution in [2.24, 2.45) is 0 Å². The summed E-state index contributed by atoms with van der Waals surface area (Å²) in [6.45, 7) is 7.32. The highest BCUT2D eigenvalue weighted by molar-refractivity contribution is 6.30. The average molecular weight is 402 g/mol. The predicted octanol–water partition coefficient (Wildman–Crippen LogP) is 4.80. The Kier molecular flexibility index (Phi) is 7.35. The van der Waals surface area contributed by atoms with Crippen LogP contribution in [0.1, 0.15) is 46.8 Å². The highest BCUT2D eigenvalue weighted by Gasteiger charge is 2.20. The number of esters is 1. The van der Waals surface area contributed by atoms with Gasteiger partial charge in [-0.1, -0.05) is 29.3 Å². The molecule has 0 aliphatic carbocycles. The van der Waals surface area contributed by atoms with Crippen LogP contribution in [0.4, 0.5) is 5.69 Å². The smallest absolute Gasteiger partial charge is 0.307 e. The van der Waals surface area contributed by atoms with Crippen molar-refractivity contribution in [1.82, 2.24) is 0 Å². The fraction of sp³-hybridized carbons (Fsp3) is 0.318. The van der Waals surface area contributed by atoms with Crippen molar-refractivity contribution >= 4 is 34.9 Å². The number of rotatable bonds is 7. The first-order valence-corrected chi connectivity index (χ1v) is 9.42. The van der Waals surface area contributed by atoms with Crippen LogP contribution in [-0.2, 0) is 14.3 Å². The third-order valence-corrected chi connectivity index (χ3v) is 4.58. The number of Topliss-reactive ketones (excluding diaryl/α,β-unsaturated/α-hetero) is 1. The van der Waals surface area contributed by atoms with E-state index in [0.717, 1.165) is 22.4 Å². The number of nitrogens with one attached hydrogen (secondary N) is 1. The largest absolute Gasteiger partial charge is 0.453 e. The van der Waals surface area contributed by atoms with Gasteiger partial charge in [0, 0.05) is 22.7 Å². The number of amides is 1. The minimum atomic E-state index is -0.960. The van der Waals surface area contributed by atoms with Gasteiger partial charge in [0.2, 0.25) is 0 Å². The van der Waals surface area contributed by atoms with E-state index in [-0.39, 0.29) is 18.6 Å². The number of ether oxygens (including phenoxy) is 1. The van der Waals surface area contributed by atoms with Gasteiger partial charge in [-0.2, -0.15) is 0 Å². The number of aryl methyl sites for hydroxylation is 3. The van der Waals surface area contributed by atoms with Crippen LogP contribution >= 0.6 is 11.6 Å². The van der Waals surface area contributed by atoms with Gasteiger partial charge in [0.15, 0.2) is 11.9 Å². The van der Waals surface area contributed by atoms with Gasteiger partial charge in [-0.25, -0.2) is 0 Å². The summed E-state index contributed by atoms with van der Waals surface area (Å²) in [5.41, 5.74) is 4.19. The van der Waals surface area contributed by atoms with Crippen LogP contribution in [0.5, 0.6) is 0 Å². The molecule has 0 aliphatic rings. The minimum Gasteiger partial charge on any atom is -0.453 e. The highest BCUT2D eigenvalue weighted by Crippen LogP contribution is 2.22. The Morgan fingerprint density at radius 2 is 1.57 bits per heavy atom. The van der Waals surface area contributed by atoms with E-state index in [4.69, 9.17) is 16.3 Å². The quantitative estimate of drug-likeness (QED) is 0.534. The Labute approximate surface area is 170 Å². The number of hydrogen-bond donors (Lipinski definition) is 1. The first-order chi connectivity index (χ1) is 13.2. The Balaban J connectivity index is 1.87. The van der Waals surface area contributed by atoms with Crippen molar-refractivity contribution in [3.05, 3.63) is 63.7 Å². The van der Waals surface area contributed by atoms with Gasteiger partial charge in [-0.3, -0.25) is 14.4 Å². The number of ketones is 1. The molecular formula is C22H24ClNO4. The Morgan fingerprint density at radius 1 is 1.00 bits per heavy atom. The lowest BCUT2D eigenvalue weighted by atomic mass is 10.0. The SMILES string of the molecule is Cc1cc(C)c(NC(=O)C(C)OC(=O)CCC(=O)c2ccc(Cl)cc2)c(C)c1. The zero-order valence-electron chi connectivity index (χ0n) is 16.5. The van der Waals surface area contributed by atoms with Crippen LogP contribution in [0.3, 0.4) is 0 Å². The topological polar surface area (TPSA) is 72.5 Å². The lowest BCUT2D eigenvalue weighted by Crippen LogP contribution is -2.30.